The Morgan fingerprint density at radius 1 is 1.00 bits per heavy atom. The summed E-state index contributed by atoms with van der Waals surface area (Å²) in [5, 5.41) is 0. The first kappa shape index (κ1) is 42.6. The first-order valence-corrected chi connectivity index (χ1v) is 0. The molecule has 0 bridgehead atoms. The van der Waals surface area contributed by atoms with Crippen LogP contribution in [0.4, 0.5) is 0 Å². The van der Waals surface area contributed by atoms with Crippen LogP contribution in [-0.2, 0) is 0 Å². The van der Waals surface area contributed by atoms with Crippen molar-refractivity contribution in [1.29, 1.82) is 0 Å². The molecule has 0 radical (unpaired) electrons. The molecule has 0 aliphatic heterocycles. The van der Waals surface area contributed by atoms with E-state index < -0.39 is 0 Å². The van der Waals surface area contributed by atoms with Crippen molar-refractivity contribution in [2.75, 3.05) is 0 Å². The molecule has 0 spiro atoms. The summed E-state index contributed by atoms with van der Waals surface area (Å²) in [6.45, 7) is 0. The second kappa shape index (κ2) is 27.6. The van der Waals surface area contributed by atoms with Crippen molar-refractivity contribution in [3.05, 3.63) is 0 Å². The van der Waals surface area contributed by atoms with E-state index in [1.165, 1.54) is 0 Å². The standard InChI is InChI=1S/Bi.GeH4.H2S.H2Se.H2Te.3H/h;1H4;3*1H2;;;. The summed E-state index contributed by atoms with van der Waals surface area (Å²) >= 11 is 0. The first-order valence-electron chi connectivity index (χ1n) is 0. The predicted octanol–water partition coefficient (Wildman–Crippen LogP) is -4.36. The van der Waals surface area contributed by atoms with E-state index in [2.05, 4.69) is 0 Å². The number of hydrogen-bond acceptors (Lipinski definition) is 0. The summed E-state index contributed by atoms with van der Waals surface area (Å²) in [6.07, 6.45) is 0. The van der Waals surface area contributed by atoms with Gasteiger partial charge in [-0.2, -0.15) is 13.5 Å². The van der Waals surface area contributed by atoms with E-state index in [-0.39, 0.29) is 98.0 Å². The van der Waals surface area contributed by atoms with E-state index in [9.17, 15) is 0 Å². The SMILES string of the molecule is S.[BiH3].[GeH4].[SeH2].[TeH2]. The zero-order valence-electron chi connectivity index (χ0n) is 2.21. The van der Waals surface area contributed by atoms with Crippen molar-refractivity contribution in [2.24, 2.45) is 0 Å². The molecule has 0 saturated heterocycles. The molecule has 0 unspecified atom stereocenters. The molecule has 0 aliphatic rings. The van der Waals surface area contributed by atoms with Crippen LogP contribution in [0, 0.1) is 0 Å². The van der Waals surface area contributed by atoms with Crippen molar-refractivity contribution in [2.45, 2.75) is 0 Å². The van der Waals surface area contributed by atoms with Gasteiger partial charge in [0.25, 0.3) is 0 Å². The van der Waals surface area contributed by atoms with Gasteiger partial charge in [-0.15, -0.1) is 0 Å². The molecular weight excluding hydrogens is 520 g/mol. The molecule has 0 heterocycles. The molecule has 0 amide bonds. The van der Waals surface area contributed by atoms with Crippen LogP contribution in [0.15, 0.2) is 0 Å². The number of rotatable bonds is 0. The third-order valence-electron chi connectivity index (χ3n) is 0. The average Bonchev–Trinajstić information content (AvgIpc) is 0. The fourth-order valence-electron chi connectivity index (χ4n) is 0. The van der Waals surface area contributed by atoms with E-state index in [1.54, 1.807) is 0 Å². The van der Waals surface area contributed by atoms with Crippen LogP contribution in [0.25, 0.3) is 0 Å². The Balaban J connectivity index is 0. The predicted molar refractivity (Wildman–Crippen MR) is 48.7 cm³/mol. The van der Waals surface area contributed by atoms with Crippen LogP contribution in [-0.4, -0.2) is 84.5 Å². The average molecular weight is 533 g/mol. The van der Waals surface area contributed by atoms with Crippen LogP contribution in [0.2, 0.25) is 0 Å². The van der Waals surface area contributed by atoms with Crippen LogP contribution < -0.4 is 0 Å². The van der Waals surface area contributed by atoms with Crippen molar-refractivity contribution in [3.63, 3.8) is 0 Å². The van der Waals surface area contributed by atoms with E-state index in [0.717, 1.165) is 0 Å². The van der Waals surface area contributed by atoms with Gasteiger partial charge < -0.3 is 0 Å². The van der Waals surface area contributed by atoms with Gasteiger partial charge in [-0.3, -0.25) is 0 Å². The molecule has 0 atom stereocenters. The maximum atomic E-state index is 0. The molecule has 0 aromatic heterocycles. The minimum absolute atomic E-state index is 0. The maximum absolute atomic E-state index is 0. The molecule has 5 heteroatoms. The summed E-state index contributed by atoms with van der Waals surface area (Å²) in [5.41, 5.74) is 0. The van der Waals surface area contributed by atoms with Crippen molar-refractivity contribution in [3.8, 4) is 0 Å². The van der Waals surface area contributed by atoms with E-state index in [4.69, 9.17) is 0 Å². The fraction of sp³-hybridized carbons (Fsp3) is 0. The molecule has 0 saturated carbocycles. The number of hydrogen-bond donors (Lipinski definition) is 0. The monoisotopic (exact) mass is 538 g/mol. The van der Waals surface area contributed by atoms with Crippen LogP contribution in [0.5, 0.6) is 0 Å². The molecular formula is H13BiGeSSeTe. The summed E-state index contributed by atoms with van der Waals surface area (Å²) in [5.74, 6) is 0. The molecule has 0 rings (SSSR count). The summed E-state index contributed by atoms with van der Waals surface area (Å²) in [7, 11) is 0. The molecule has 0 N–H and O–H groups in total. The Kier molecular flexibility index (Phi) is 235. The van der Waals surface area contributed by atoms with Gasteiger partial charge in [0.2, 0.25) is 0 Å². The molecule has 0 nitrogen and oxygen atoms in total. The second-order valence-electron chi connectivity index (χ2n) is 0. The van der Waals surface area contributed by atoms with Crippen LogP contribution in [0.3, 0.4) is 0 Å². The first-order chi connectivity index (χ1) is 0. The molecule has 40 valence electrons. The third kappa shape index (κ3) is 19.2. The van der Waals surface area contributed by atoms with Crippen molar-refractivity contribution >= 4 is 98.0 Å². The zero-order valence-corrected chi connectivity index (χ0v) is 13.7. The van der Waals surface area contributed by atoms with Crippen molar-refractivity contribution < 1.29 is 0 Å². The van der Waals surface area contributed by atoms with Crippen LogP contribution in [0.1, 0.15) is 0 Å². The Bertz CT molecular complexity index is 11.6. The van der Waals surface area contributed by atoms with Crippen LogP contribution >= 0.6 is 13.5 Å². The fourth-order valence-corrected chi connectivity index (χ4v) is 0. The summed E-state index contributed by atoms with van der Waals surface area (Å²) in [6, 6.07) is 0. The minimum atomic E-state index is 0. The Morgan fingerprint density at radius 2 is 1.00 bits per heavy atom. The summed E-state index contributed by atoms with van der Waals surface area (Å²) < 4.78 is 0. The Hall–Kier alpha value is 3.09. The quantitative estimate of drug-likeness (QED) is 0.277. The van der Waals surface area contributed by atoms with Gasteiger partial charge in [-0.25, -0.2) is 0 Å². The van der Waals surface area contributed by atoms with Gasteiger partial charge >= 0.3 is 84.5 Å². The van der Waals surface area contributed by atoms with E-state index >= 15 is 0 Å². The van der Waals surface area contributed by atoms with Gasteiger partial charge in [-0.1, -0.05) is 0 Å². The normalized spacial score (nSPS) is 0. The zero-order chi connectivity index (χ0) is 0. The Morgan fingerprint density at radius 3 is 1.00 bits per heavy atom. The van der Waals surface area contributed by atoms with E-state index in [1.807, 2.05) is 0 Å². The van der Waals surface area contributed by atoms with Gasteiger partial charge in [0.05, 0.1) is 0 Å². The molecule has 0 aromatic rings. The van der Waals surface area contributed by atoms with Gasteiger partial charge in [-0.05, 0) is 0 Å². The molecule has 0 aromatic carbocycles. The topological polar surface area (TPSA) is 0 Å². The molecule has 5 heavy (non-hydrogen) atoms. The van der Waals surface area contributed by atoms with Gasteiger partial charge in [0.1, 0.15) is 0 Å². The Labute approximate surface area is 96.4 Å². The van der Waals surface area contributed by atoms with Gasteiger partial charge in [0, 0.05) is 0 Å². The molecule has 0 fully saturated rings. The third-order valence-corrected chi connectivity index (χ3v) is 0. The van der Waals surface area contributed by atoms with Gasteiger partial charge in [0.15, 0.2) is 0 Å². The molecule has 0 aliphatic carbocycles. The van der Waals surface area contributed by atoms with E-state index in [0.29, 0.717) is 0 Å². The second-order valence-corrected chi connectivity index (χ2v) is 0. The van der Waals surface area contributed by atoms with Crippen molar-refractivity contribution in [1.82, 2.24) is 0 Å². The summed E-state index contributed by atoms with van der Waals surface area (Å²) in [4.78, 5) is 0.